The molecule has 22 heavy (non-hydrogen) atoms. The molecule has 0 bridgehead atoms. The van der Waals surface area contributed by atoms with E-state index in [2.05, 4.69) is 4.98 Å². The smallest absolute Gasteiger partial charge is 0.123 e. The highest BCUT2D eigenvalue weighted by atomic mass is 19.1. The molecule has 0 radical (unpaired) electrons. The van der Waals surface area contributed by atoms with Crippen LogP contribution < -0.4 is 0 Å². The number of benzene rings is 2. The van der Waals surface area contributed by atoms with Crippen molar-refractivity contribution in [1.29, 1.82) is 0 Å². The lowest BCUT2D eigenvalue weighted by Gasteiger charge is -2.19. The highest BCUT2D eigenvalue weighted by Crippen LogP contribution is 2.34. The minimum atomic E-state index is -0.344. The highest BCUT2D eigenvalue weighted by molar-refractivity contribution is 5.42. The second-order valence-electron chi connectivity index (χ2n) is 5.23. The van der Waals surface area contributed by atoms with E-state index in [1.807, 2.05) is 42.5 Å². The Kier molecular flexibility index (Phi) is 4.15. The number of phenols is 1. The van der Waals surface area contributed by atoms with E-state index in [0.29, 0.717) is 12.0 Å². The average Bonchev–Trinajstić information content (AvgIpc) is 2.57. The number of halogens is 1. The predicted octanol–water partition coefficient (Wildman–Crippen LogP) is 4.30. The molecule has 0 aliphatic heterocycles. The van der Waals surface area contributed by atoms with Crippen LogP contribution >= 0.6 is 0 Å². The molecule has 2 nitrogen and oxygen atoms in total. The molecule has 110 valence electrons. The molecule has 3 heteroatoms. The molecule has 0 aliphatic rings. The third-order valence-electron chi connectivity index (χ3n) is 3.76. The van der Waals surface area contributed by atoms with Gasteiger partial charge in [-0.1, -0.05) is 30.3 Å². The lowest BCUT2D eigenvalue weighted by molar-refractivity contribution is 0.461. The topological polar surface area (TPSA) is 33.1 Å². The second-order valence-corrected chi connectivity index (χ2v) is 5.23. The van der Waals surface area contributed by atoms with Crippen LogP contribution in [0.25, 0.3) is 0 Å². The maximum absolute atomic E-state index is 13.6. The first-order valence-corrected chi connectivity index (χ1v) is 7.16. The molecule has 0 saturated heterocycles. The van der Waals surface area contributed by atoms with E-state index in [0.717, 1.165) is 11.1 Å². The highest BCUT2D eigenvalue weighted by Gasteiger charge is 2.19. The summed E-state index contributed by atoms with van der Waals surface area (Å²) < 4.78 is 13.6. The Balaban J connectivity index is 2.05. The average molecular weight is 293 g/mol. The van der Waals surface area contributed by atoms with E-state index in [-0.39, 0.29) is 17.5 Å². The Morgan fingerprint density at radius 2 is 1.68 bits per heavy atom. The number of aromatic nitrogens is 1. The number of aromatic hydroxyl groups is 1. The zero-order valence-corrected chi connectivity index (χ0v) is 12.0. The maximum atomic E-state index is 13.6. The first-order chi connectivity index (χ1) is 10.7. The number of rotatable bonds is 4. The van der Waals surface area contributed by atoms with Gasteiger partial charge >= 0.3 is 0 Å². The Hall–Kier alpha value is -2.68. The van der Waals surface area contributed by atoms with Gasteiger partial charge in [0, 0.05) is 23.9 Å². The van der Waals surface area contributed by atoms with Crippen molar-refractivity contribution in [2.75, 3.05) is 0 Å². The Morgan fingerprint density at radius 3 is 2.41 bits per heavy atom. The minimum absolute atomic E-state index is 0.112. The third kappa shape index (κ3) is 3.14. The minimum Gasteiger partial charge on any atom is -0.508 e. The summed E-state index contributed by atoms with van der Waals surface area (Å²) in [7, 11) is 0. The monoisotopic (exact) mass is 293 g/mol. The Bertz CT molecular complexity index is 744. The normalized spacial score (nSPS) is 12.0. The van der Waals surface area contributed by atoms with Crippen molar-refractivity contribution in [3.8, 4) is 5.75 Å². The quantitative estimate of drug-likeness (QED) is 0.778. The van der Waals surface area contributed by atoms with E-state index >= 15 is 0 Å². The molecule has 1 atom stereocenters. The maximum Gasteiger partial charge on any atom is 0.123 e. The van der Waals surface area contributed by atoms with E-state index in [4.69, 9.17) is 0 Å². The van der Waals surface area contributed by atoms with Gasteiger partial charge < -0.3 is 5.11 Å². The largest absolute Gasteiger partial charge is 0.508 e. The van der Waals surface area contributed by atoms with Crippen LogP contribution in [0.15, 0.2) is 73.1 Å². The van der Waals surface area contributed by atoms with Gasteiger partial charge in [-0.2, -0.15) is 0 Å². The fourth-order valence-corrected chi connectivity index (χ4v) is 2.65. The fourth-order valence-electron chi connectivity index (χ4n) is 2.65. The molecule has 1 unspecified atom stereocenters. The van der Waals surface area contributed by atoms with E-state index in [9.17, 15) is 9.50 Å². The van der Waals surface area contributed by atoms with E-state index in [1.165, 1.54) is 18.2 Å². The van der Waals surface area contributed by atoms with Crippen molar-refractivity contribution in [3.63, 3.8) is 0 Å². The van der Waals surface area contributed by atoms with Crippen molar-refractivity contribution in [2.45, 2.75) is 12.3 Å². The summed E-state index contributed by atoms with van der Waals surface area (Å²) in [5.41, 5.74) is 2.73. The number of pyridine rings is 1. The number of hydrogen-bond donors (Lipinski definition) is 1. The van der Waals surface area contributed by atoms with Crippen molar-refractivity contribution in [3.05, 3.63) is 95.6 Å². The van der Waals surface area contributed by atoms with Gasteiger partial charge in [0.15, 0.2) is 0 Å². The SMILES string of the molecule is Oc1ccc(F)cc1C(Cc1ccncc1)c1ccccc1. The van der Waals surface area contributed by atoms with Crippen molar-refractivity contribution >= 4 is 0 Å². The van der Waals surface area contributed by atoms with Crippen LogP contribution in [0.4, 0.5) is 4.39 Å². The molecule has 2 aromatic carbocycles. The van der Waals surface area contributed by atoms with Crippen LogP contribution in [0.1, 0.15) is 22.6 Å². The summed E-state index contributed by atoms with van der Waals surface area (Å²) in [6.07, 6.45) is 4.15. The van der Waals surface area contributed by atoms with Crippen molar-refractivity contribution < 1.29 is 9.50 Å². The third-order valence-corrected chi connectivity index (χ3v) is 3.76. The van der Waals surface area contributed by atoms with Crippen LogP contribution in [-0.2, 0) is 6.42 Å². The fraction of sp³-hybridized carbons (Fsp3) is 0.105. The van der Waals surface area contributed by atoms with Crippen LogP contribution in [-0.4, -0.2) is 10.1 Å². The van der Waals surface area contributed by atoms with Gasteiger partial charge in [-0.25, -0.2) is 4.39 Å². The van der Waals surface area contributed by atoms with E-state index in [1.54, 1.807) is 12.4 Å². The molecule has 0 aliphatic carbocycles. The molecular formula is C19H16FNO. The summed E-state index contributed by atoms with van der Waals surface area (Å²) in [5.74, 6) is -0.341. The van der Waals surface area contributed by atoms with Gasteiger partial charge in [-0.3, -0.25) is 4.98 Å². The van der Waals surface area contributed by atoms with Crippen LogP contribution in [0.5, 0.6) is 5.75 Å². The standard InChI is InChI=1S/C19H16FNO/c20-16-6-7-19(22)18(13-16)17(15-4-2-1-3-5-15)12-14-8-10-21-11-9-14/h1-11,13,17,22H,12H2. The zero-order valence-electron chi connectivity index (χ0n) is 12.0. The van der Waals surface area contributed by atoms with Crippen LogP contribution in [0.3, 0.4) is 0 Å². The van der Waals surface area contributed by atoms with Crippen LogP contribution in [0, 0.1) is 5.82 Å². The number of nitrogens with zero attached hydrogens (tertiary/aromatic N) is 1. The summed E-state index contributed by atoms with van der Waals surface area (Å²) in [6, 6.07) is 17.8. The molecular weight excluding hydrogens is 277 g/mol. The summed E-state index contributed by atoms with van der Waals surface area (Å²) in [6.45, 7) is 0. The van der Waals surface area contributed by atoms with Gasteiger partial charge in [0.1, 0.15) is 11.6 Å². The zero-order chi connectivity index (χ0) is 15.4. The summed E-state index contributed by atoms with van der Waals surface area (Å²) in [4.78, 5) is 4.02. The van der Waals surface area contributed by atoms with Crippen LogP contribution in [0.2, 0.25) is 0 Å². The molecule has 0 saturated carbocycles. The van der Waals surface area contributed by atoms with Crippen molar-refractivity contribution in [1.82, 2.24) is 4.98 Å². The Labute approximate surface area is 128 Å². The predicted molar refractivity (Wildman–Crippen MR) is 84.3 cm³/mol. The number of phenolic OH excluding ortho intramolecular Hbond substituents is 1. The molecule has 1 heterocycles. The van der Waals surface area contributed by atoms with Gasteiger partial charge in [-0.05, 0) is 47.9 Å². The molecule has 0 spiro atoms. The van der Waals surface area contributed by atoms with Gasteiger partial charge in [0.05, 0.1) is 0 Å². The van der Waals surface area contributed by atoms with Gasteiger partial charge in [0.2, 0.25) is 0 Å². The molecule has 3 rings (SSSR count). The second kappa shape index (κ2) is 6.39. The lowest BCUT2D eigenvalue weighted by atomic mass is 9.85. The molecule has 1 N–H and O–H groups in total. The molecule has 0 amide bonds. The summed E-state index contributed by atoms with van der Waals surface area (Å²) >= 11 is 0. The first-order valence-electron chi connectivity index (χ1n) is 7.16. The molecule has 0 fully saturated rings. The van der Waals surface area contributed by atoms with E-state index < -0.39 is 0 Å². The number of hydrogen-bond acceptors (Lipinski definition) is 2. The van der Waals surface area contributed by atoms with Crippen molar-refractivity contribution in [2.24, 2.45) is 0 Å². The first kappa shape index (κ1) is 14.3. The van der Waals surface area contributed by atoms with Gasteiger partial charge in [0.25, 0.3) is 0 Å². The lowest BCUT2D eigenvalue weighted by Crippen LogP contribution is -2.06. The summed E-state index contributed by atoms with van der Waals surface area (Å²) in [5, 5.41) is 10.2. The molecule has 1 aromatic heterocycles. The Morgan fingerprint density at radius 1 is 0.955 bits per heavy atom. The van der Waals surface area contributed by atoms with Gasteiger partial charge in [-0.15, -0.1) is 0 Å². The molecule has 3 aromatic rings.